The van der Waals surface area contributed by atoms with E-state index in [1.54, 1.807) is 0 Å². The third kappa shape index (κ3) is 4.61. The van der Waals surface area contributed by atoms with Gasteiger partial charge in [0.2, 0.25) is 10.0 Å². The summed E-state index contributed by atoms with van der Waals surface area (Å²) in [6.45, 7) is 0.485. The number of rotatable bonds is 6. The minimum absolute atomic E-state index is 0.0199. The number of hydrogen-bond donors (Lipinski definition) is 1. The van der Waals surface area contributed by atoms with Gasteiger partial charge in [-0.2, -0.15) is 0 Å². The van der Waals surface area contributed by atoms with Crippen molar-refractivity contribution < 1.29 is 13.2 Å². The number of methoxy groups -OCH3 is 1. The summed E-state index contributed by atoms with van der Waals surface area (Å²) >= 11 is 3.36. The van der Waals surface area contributed by atoms with Gasteiger partial charge >= 0.3 is 0 Å². The molecule has 0 bridgehead atoms. The number of ether oxygens (including phenoxy) is 1. The molecule has 0 aliphatic heterocycles. The van der Waals surface area contributed by atoms with E-state index in [0.717, 1.165) is 10.0 Å². The second-order valence-corrected chi connectivity index (χ2v) is 6.00. The molecule has 1 aromatic rings. The lowest BCUT2D eigenvalue weighted by molar-refractivity contribution is 0.217. The molecule has 0 spiro atoms. The maximum atomic E-state index is 11.5. The smallest absolute Gasteiger partial charge is 0.214 e. The van der Waals surface area contributed by atoms with Gasteiger partial charge < -0.3 is 4.74 Å². The van der Waals surface area contributed by atoms with Crippen LogP contribution >= 0.6 is 15.9 Å². The molecule has 1 N–H and O–H groups in total. The van der Waals surface area contributed by atoms with Crippen molar-refractivity contribution in [3.05, 3.63) is 34.3 Å². The third-order valence-corrected chi connectivity index (χ3v) is 4.06. The normalized spacial score (nSPS) is 11.6. The zero-order valence-electron chi connectivity index (χ0n) is 8.94. The largest absolute Gasteiger partial charge is 0.384 e. The Labute approximate surface area is 104 Å². The van der Waals surface area contributed by atoms with Crippen molar-refractivity contribution >= 4 is 26.0 Å². The monoisotopic (exact) mass is 307 g/mol. The van der Waals surface area contributed by atoms with Crippen LogP contribution in [0.5, 0.6) is 0 Å². The lowest BCUT2D eigenvalue weighted by Gasteiger charge is -2.07. The van der Waals surface area contributed by atoms with E-state index in [1.807, 2.05) is 24.3 Å². The predicted molar refractivity (Wildman–Crippen MR) is 66.6 cm³/mol. The molecule has 0 amide bonds. The van der Waals surface area contributed by atoms with Crippen LogP contribution < -0.4 is 4.72 Å². The molecule has 1 rings (SSSR count). The van der Waals surface area contributed by atoms with Crippen LogP contribution in [0.2, 0.25) is 0 Å². The van der Waals surface area contributed by atoms with Gasteiger partial charge in [-0.1, -0.05) is 34.1 Å². The summed E-state index contributed by atoms with van der Waals surface area (Å²) in [6, 6.07) is 7.48. The quantitative estimate of drug-likeness (QED) is 0.867. The molecule has 6 heteroatoms. The van der Waals surface area contributed by atoms with E-state index >= 15 is 0 Å². The standard InChI is InChI=1S/C10H14BrNO3S/c1-15-6-7-16(13,14)12-8-9-4-2-3-5-10(9)11/h2-5,12H,6-8H2,1H3. The Balaban J connectivity index is 2.55. The summed E-state index contributed by atoms with van der Waals surface area (Å²) in [6.07, 6.45) is 0. The van der Waals surface area contributed by atoms with E-state index in [-0.39, 0.29) is 18.9 Å². The average Bonchev–Trinajstić information content (AvgIpc) is 2.26. The van der Waals surface area contributed by atoms with Gasteiger partial charge in [-0.15, -0.1) is 0 Å². The molecule has 0 saturated carbocycles. The highest BCUT2D eigenvalue weighted by Crippen LogP contribution is 2.15. The summed E-state index contributed by atoms with van der Waals surface area (Å²) in [5.41, 5.74) is 0.906. The van der Waals surface area contributed by atoms with Gasteiger partial charge in [0.25, 0.3) is 0 Å². The van der Waals surface area contributed by atoms with Crippen LogP contribution in [-0.2, 0) is 21.3 Å². The lowest BCUT2D eigenvalue weighted by atomic mass is 10.2. The molecule has 0 unspecified atom stereocenters. The van der Waals surface area contributed by atoms with E-state index in [4.69, 9.17) is 4.74 Å². The van der Waals surface area contributed by atoms with Crippen molar-refractivity contribution in [3.8, 4) is 0 Å². The molecular formula is C10H14BrNO3S. The highest BCUT2D eigenvalue weighted by atomic mass is 79.9. The first-order valence-corrected chi connectivity index (χ1v) is 7.19. The summed E-state index contributed by atoms with van der Waals surface area (Å²) in [4.78, 5) is 0. The van der Waals surface area contributed by atoms with Gasteiger partial charge in [-0.25, -0.2) is 13.1 Å². The summed E-state index contributed by atoms with van der Waals surface area (Å²) < 4.78 is 31.1. The zero-order valence-corrected chi connectivity index (χ0v) is 11.3. The van der Waals surface area contributed by atoms with Crippen molar-refractivity contribution in [1.82, 2.24) is 4.72 Å². The zero-order chi connectivity index (χ0) is 12.0. The first-order chi connectivity index (χ1) is 7.55. The van der Waals surface area contributed by atoms with Crippen molar-refractivity contribution in [2.75, 3.05) is 19.5 Å². The number of halogens is 1. The van der Waals surface area contributed by atoms with Crippen LogP contribution in [0.1, 0.15) is 5.56 Å². The lowest BCUT2D eigenvalue weighted by Crippen LogP contribution is -2.27. The highest BCUT2D eigenvalue weighted by Gasteiger charge is 2.09. The van der Waals surface area contributed by atoms with Gasteiger partial charge in [0.05, 0.1) is 12.4 Å². The third-order valence-electron chi connectivity index (χ3n) is 2.00. The highest BCUT2D eigenvalue weighted by molar-refractivity contribution is 9.10. The number of sulfonamides is 1. The molecule has 0 fully saturated rings. The van der Waals surface area contributed by atoms with Gasteiger partial charge in [0, 0.05) is 18.1 Å². The summed E-state index contributed by atoms with van der Waals surface area (Å²) in [7, 11) is -1.78. The Morgan fingerprint density at radius 3 is 2.69 bits per heavy atom. The van der Waals surface area contributed by atoms with E-state index in [0.29, 0.717) is 0 Å². The van der Waals surface area contributed by atoms with Crippen molar-refractivity contribution in [2.24, 2.45) is 0 Å². The van der Waals surface area contributed by atoms with Crippen molar-refractivity contribution in [2.45, 2.75) is 6.54 Å². The molecule has 0 radical (unpaired) electrons. The molecular weight excluding hydrogens is 294 g/mol. The van der Waals surface area contributed by atoms with E-state index in [9.17, 15) is 8.42 Å². The predicted octanol–water partition coefficient (Wildman–Crippen LogP) is 1.51. The number of benzene rings is 1. The molecule has 0 heterocycles. The summed E-state index contributed by atoms with van der Waals surface area (Å²) in [5, 5.41) is 0. The Morgan fingerprint density at radius 2 is 2.06 bits per heavy atom. The topological polar surface area (TPSA) is 55.4 Å². The van der Waals surface area contributed by atoms with Crippen LogP contribution in [0, 0.1) is 0 Å². The van der Waals surface area contributed by atoms with Gasteiger partial charge in [-0.3, -0.25) is 0 Å². The Morgan fingerprint density at radius 1 is 1.38 bits per heavy atom. The maximum Gasteiger partial charge on any atom is 0.214 e. The fourth-order valence-electron chi connectivity index (χ4n) is 1.09. The SMILES string of the molecule is COCCS(=O)(=O)NCc1ccccc1Br. The van der Waals surface area contributed by atoms with Gasteiger partial charge in [-0.05, 0) is 11.6 Å². The van der Waals surface area contributed by atoms with E-state index < -0.39 is 10.0 Å². The number of hydrogen-bond acceptors (Lipinski definition) is 3. The van der Waals surface area contributed by atoms with Crippen molar-refractivity contribution in [3.63, 3.8) is 0 Å². The Hall–Kier alpha value is -0.430. The fraction of sp³-hybridized carbons (Fsp3) is 0.400. The first-order valence-electron chi connectivity index (χ1n) is 4.75. The minimum atomic E-state index is -3.25. The van der Waals surface area contributed by atoms with E-state index in [2.05, 4.69) is 20.7 Å². The molecule has 0 aliphatic rings. The van der Waals surface area contributed by atoms with Gasteiger partial charge in [0.1, 0.15) is 0 Å². The minimum Gasteiger partial charge on any atom is -0.384 e. The average molecular weight is 308 g/mol. The van der Waals surface area contributed by atoms with Crippen LogP contribution in [0.3, 0.4) is 0 Å². The maximum absolute atomic E-state index is 11.5. The molecule has 16 heavy (non-hydrogen) atoms. The van der Waals surface area contributed by atoms with Crippen LogP contribution in [0.15, 0.2) is 28.7 Å². The molecule has 0 saturated heterocycles. The molecule has 0 aromatic heterocycles. The molecule has 1 aromatic carbocycles. The van der Waals surface area contributed by atoms with E-state index in [1.165, 1.54) is 7.11 Å². The van der Waals surface area contributed by atoms with Gasteiger partial charge in [0.15, 0.2) is 0 Å². The Bertz CT molecular complexity index is 433. The van der Waals surface area contributed by atoms with Crippen molar-refractivity contribution in [1.29, 1.82) is 0 Å². The first kappa shape index (κ1) is 13.6. The van der Waals surface area contributed by atoms with Crippen LogP contribution in [-0.4, -0.2) is 27.9 Å². The summed E-state index contributed by atoms with van der Waals surface area (Å²) in [5.74, 6) is -0.0199. The second kappa shape index (κ2) is 6.34. The molecule has 0 aliphatic carbocycles. The molecule has 0 atom stereocenters. The molecule has 4 nitrogen and oxygen atoms in total. The Kier molecular flexibility index (Phi) is 5.40. The van der Waals surface area contributed by atoms with Crippen LogP contribution in [0.25, 0.3) is 0 Å². The van der Waals surface area contributed by atoms with Crippen LogP contribution in [0.4, 0.5) is 0 Å². The molecule has 90 valence electrons. The number of nitrogens with one attached hydrogen (secondary N) is 1. The fourth-order valence-corrected chi connectivity index (χ4v) is 2.43. The second-order valence-electron chi connectivity index (χ2n) is 3.22.